The summed E-state index contributed by atoms with van der Waals surface area (Å²) in [5, 5.41) is 8.95. The summed E-state index contributed by atoms with van der Waals surface area (Å²) in [6, 6.07) is 76.8. The van der Waals surface area contributed by atoms with Crippen molar-refractivity contribution in [2.45, 2.75) is 0 Å². The molecule has 5 heteroatoms. The molecular weight excluding hydrogens is 781 g/mol. The molecule has 3 heterocycles. The van der Waals surface area contributed by atoms with Gasteiger partial charge in [-0.1, -0.05) is 164 Å². The molecule has 10 aromatic carbocycles. The van der Waals surface area contributed by atoms with Crippen molar-refractivity contribution in [1.82, 2.24) is 19.5 Å². The van der Waals surface area contributed by atoms with Gasteiger partial charge in [0.25, 0.3) is 0 Å². The average Bonchev–Trinajstić information content (AvgIpc) is 3.90. The van der Waals surface area contributed by atoms with E-state index in [0.29, 0.717) is 17.5 Å². The Balaban J connectivity index is 1.10. The topological polar surface area (TPSA) is 56.7 Å². The standard InChI is InChI=1S/C59H36N4O/c1-3-15-37(16-4-1)39-23-13-25-45(31-39)57-60-58(46-26-14-24-40(32-46)38-17-5-2-6-18-38)62-59(61-57)48-29-30-52(56-55(48)50-34-42-20-8-10-22-44(42)36-54(50)64-56)63-51-28-12-11-27-47(51)49-33-41-19-7-9-21-43(41)35-53(49)63/h1-36H. The van der Waals surface area contributed by atoms with E-state index in [1.807, 2.05) is 12.1 Å². The maximum Gasteiger partial charge on any atom is 0.164 e. The van der Waals surface area contributed by atoms with E-state index in [2.05, 4.69) is 211 Å². The summed E-state index contributed by atoms with van der Waals surface area (Å²) >= 11 is 0. The number of hydrogen-bond acceptors (Lipinski definition) is 4. The van der Waals surface area contributed by atoms with Gasteiger partial charge in [0.15, 0.2) is 23.1 Å². The molecule has 0 unspecified atom stereocenters. The Morgan fingerprint density at radius 1 is 0.328 bits per heavy atom. The molecule has 0 aliphatic rings. The Labute approximate surface area is 368 Å². The van der Waals surface area contributed by atoms with E-state index in [1.165, 1.54) is 21.5 Å². The van der Waals surface area contributed by atoms with Gasteiger partial charge in [-0.15, -0.1) is 0 Å². The zero-order valence-corrected chi connectivity index (χ0v) is 34.5. The lowest BCUT2D eigenvalue weighted by Gasteiger charge is -2.13. The van der Waals surface area contributed by atoms with Crippen molar-refractivity contribution in [3.63, 3.8) is 0 Å². The molecule has 0 saturated heterocycles. The highest BCUT2D eigenvalue weighted by Gasteiger charge is 2.24. The Morgan fingerprint density at radius 2 is 0.828 bits per heavy atom. The molecule has 0 N–H and O–H groups in total. The lowest BCUT2D eigenvalue weighted by atomic mass is 10.0. The quantitative estimate of drug-likeness (QED) is 0.168. The first-order chi connectivity index (χ1) is 31.7. The third kappa shape index (κ3) is 5.90. The zero-order chi connectivity index (χ0) is 42.1. The second-order valence-electron chi connectivity index (χ2n) is 16.4. The number of para-hydroxylation sites is 1. The molecule has 5 nitrogen and oxygen atoms in total. The lowest BCUT2D eigenvalue weighted by molar-refractivity contribution is 0.667. The van der Waals surface area contributed by atoms with Gasteiger partial charge in [0, 0.05) is 38.2 Å². The van der Waals surface area contributed by atoms with Crippen LogP contribution < -0.4 is 0 Å². The SMILES string of the molecule is c1ccc(-c2cccc(-c3nc(-c4cccc(-c5ccccc5)c4)nc(-c4ccc(-n5c6ccccc6c6cc7ccccc7cc65)c5oc6cc7ccccc7cc6c45)n3)c2)cc1. The van der Waals surface area contributed by atoms with E-state index >= 15 is 0 Å². The number of aromatic nitrogens is 4. The Hall–Kier alpha value is -8.67. The van der Waals surface area contributed by atoms with E-state index < -0.39 is 0 Å². The molecule has 0 aliphatic carbocycles. The minimum absolute atomic E-state index is 0.566. The third-order valence-electron chi connectivity index (χ3n) is 12.6. The van der Waals surface area contributed by atoms with E-state index in [0.717, 1.165) is 88.4 Å². The van der Waals surface area contributed by atoms with E-state index in [-0.39, 0.29) is 0 Å². The Bertz CT molecular complexity index is 3860. The number of nitrogens with zero attached hydrogens (tertiary/aromatic N) is 4. The van der Waals surface area contributed by atoms with Crippen LogP contribution >= 0.6 is 0 Å². The van der Waals surface area contributed by atoms with Crippen LogP contribution in [-0.4, -0.2) is 19.5 Å². The summed E-state index contributed by atoms with van der Waals surface area (Å²) in [4.78, 5) is 16.0. The van der Waals surface area contributed by atoms with Crippen molar-refractivity contribution in [3.05, 3.63) is 218 Å². The van der Waals surface area contributed by atoms with Gasteiger partial charge in [0.05, 0.1) is 16.7 Å². The zero-order valence-electron chi connectivity index (χ0n) is 34.5. The van der Waals surface area contributed by atoms with Crippen molar-refractivity contribution in [3.8, 4) is 62.1 Å². The number of furan rings is 1. The molecule has 298 valence electrons. The molecule has 0 fully saturated rings. The van der Waals surface area contributed by atoms with Crippen molar-refractivity contribution in [2.75, 3.05) is 0 Å². The Kier molecular flexibility index (Phi) is 8.15. The van der Waals surface area contributed by atoms with Gasteiger partial charge < -0.3 is 8.98 Å². The van der Waals surface area contributed by atoms with Crippen molar-refractivity contribution in [2.24, 2.45) is 0 Å². The molecule has 13 rings (SSSR count). The molecule has 0 aliphatic heterocycles. The van der Waals surface area contributed by atoms with Crippen LogP contribution in [0.3, 0.4) is 0 Å². The monoisotopic (exact) mass is 816 g/mol. The van der Waals surface area contributed by atoms with Crippen LogP contribution in [0.1, 0.15) is 0 Å². The van der Waals surface area contributed by atoms with Gasteiger partial charge in [-0.25, -0.2) is 15.0 Å². The predicted molar refractivity (Wildman–Crippen MR) is 264 cm³/mol. The highest BCUT2D eigenvalue weighted by Crippen LogP contribution is 2.44. The van der Waals surface area contributed by atoms with Gasteiger partial charge in [0.1, 0.15) is 5.58 Å². The molecule has 0 bridgehead atoms. The van der Waals surface area contributed by atoms with Gasteiger partial charge in [-0.3, -0.25) is 0 Å². The first-order valence-corrected chi connectivity index (χ1v) is 21.6. The molecule has 0 saturated carbocycles. The van der Waals surface area contributed by atoms with Crippen LogP contribution in [0, 0.1) is 0 Å². The minimum Gasteiger partial charge on any atom is -0.454 e. The fraction of sp³-hybridized carbons (Fsp3) is 0. The van der Waals surface area contributed by atoms with Gasteiger partial charge in [0.2, 0.25) is 0 Å². The normalized spacial score (nSPS) is 11.8. The van der Waals surface area contributed by atoms with Crippen molar-refractivity contribution in [1.29, 1.82) is 0 Å². The molecule has 0 radical (unpaired) electrons. The molecule has 0 amide bonds. The number of fused-ring (bicyclic) bond motifs is 8. The van der Waals surface area contributed by atoms with Crippen LogP contribution in [0.15, 0.2) is 223 Å². The van der Waals surface area contributed by atoms with Gasteiger partial charge in [-0.2, -0.15) is 0 Å². The Morgan fingerprint density at radius 3 is 1.47 bits per heavy atom. The number of hydrogen-bond donors (Lipinski definition) is 0. The molecule has 13 aromatic rings. The van der Waals surface area contributed by atoms with Crippen molar-refractivity contribution >= 4 is 65.3 Å². The summed E-state index contributed by atoms with van der Waals surface area (Å²) in [6.07, 6.45) is 0. The van der Waals surface area contributed by atoms with Crippen LogP contribution in [0.5, 0.6) is 0 Å². The van der Waals surface area contributed by atoms with Crippen LogP contribution in [0.2, 0.25) is 0 Å². The first-order valence-electron chi connectivity index (χ1n) is 21.6. The fourth-order valence-corrected chi connectivity index (χ4v) is 9.52. The minimum atomic E-state index is 0.566. The van der Waals surface area contributed by atoms with Crippen LogP contribution in [0.25, 0.3) is 127 Å². The van der Waals surface area contributed by atoms with Crippen LogP contribution in [0.4, 0.5) is 0 Å². The lowest BCUT2D eigenvalue weighted by Crippen LogP contribution is -2.01. The summed E-state index contributed by atoms with van der Waals surface area (Å²) in [6.45, 7) is 0. The average molecular weight is 817 g/mol. The smallest absolute Gasteiger partial charge is 0.164 e. The molecule has 3 aromatic heterocycles. The van der Waals surface area contributed by atoms with E-state index in [4.69, 9.17) is 19.4 Å². The molecule has 0 spiro atoms. The van der Waals surface area contributed by atoms with Gasteiger partial charge >= 0.3 is 0 Å². The van der Waals surface area contributed by atoms with E-state index in [1.54, 1.807) is 0 Å². The second-order valence-corrected chi connectivity index (χ2v) is 16.4. The summed E-state index contributed by atoms with van der Waals surface area (Å²) in [7, 11) is 0. The fourth-order valence-electron chi connectivity index (χ4n) is 9.52. The van der Waals surface area contributed by atoms with E-state index in [9.17, 15) is 0 Å². The predicted octanol–water partition coefficient (Wildman–Crippen LogP) is 15.5. The molecule has 64 heavy (non-hydrogen) atoms. The maximum absolute atomic E-state index is 7.13. The number of rotatable bonds is 6. The highest BCUT2D eigenvalue weighted by atomic mass is 16.3. The third-order valence-corrected chi connectivity index (χ3v) is 12.6. The largest absolute Gasteiger partial charge is 0.454 e. The van der Waals surface area contributed by atoms with Gasteiger partial charge in [-0.05, 0) is 98.4 Å². The molecular formula is C59H36N4O. The van der Waals surface area contributed by atoms with Crippen molar-refractivity contribution < 1.29 is 4.42 Å². The van der Waals surface area contributed by atoms with Crippen LogP contribution in [-0.2, 0) is 0 Å². The molecule has 0 atom stereocenters. The second kappa shape index (κ2) is 14.5. The summed E-state index contributed by atoms with van der Waals surface area (Å²) in [5.74, 6) is 1.75. The summed E-state index contributed by atoms with van der Waals surface area (Å²) in [5.41, 5.74) is 11.8. The first kappa shape index (κ1) is 36.0. The maximum atomic E-state index is 7.13. The number of benzene rings is 10. The highest BCUT2D eigenvalue weighted by molar-refractivity contribution is 6.19. The summed E-state index contributed by atoms with van der Waals surface area (Å²) < 4.78 is 9.49.